The van der Waals surface area contributed by atoms with E-state index in [9.17, 15) is 9.59 Å². The molecular formula is C18H16N4O2. The largest absolute Gasteiger partial charge is 0.347 e. The molecule has 0 fully saturated rings. The molecule has 0 saturated heterocycles. The lowest BCUT2D eigenvalue weighted by molar-refractivity contribution is 0.0943. The molecule has 1 amide bonds. The van der Waals surface area contributed by atoms with Crippen LogP contribution in [-0.4, -0.2) is 20.7 Å². The molecule has 6 heteroatoms. The number of rotatable bonds is 5. The second kappa shape index (κ2) is 7.32. The van der Waals surface area contributed by atoms with E-state index in [0.717, 1.165) is 11.1 Å². The summed E-state index contributed by atoms with van der Waals surface area (Å²) in [6, 6.07) is 16.0. The molecule has 0 radical (unpaired) electrons. The van der Waals surface area contributed by atoms with Gasteiger partial charge in [0, 0.05) is 25.0 Å². The van der Waals surface area contributed by atoms with Gasteiger partial charge in [-0.15, -0.1) is 0 Å². The van der Waals surface area contributed by atoms with Crippen molar-refractivity contribution in [3.8, 4) is 0 Å². The molecule has 0 aliphatic heterocycles. The van der Waals surface area contributed by atoms with Crippen LogP contribution in [0.4, 0.5) is 0 Å². The molecule has 0 saturated carbocycles. The molecule has 1 aromatic carbocycles. The highest BCUT2D eigenvalue weighted by atomic mass is 16.2. The normalized spacial score (nSPS) is 10.3. The lowest BCUT2D eigenvalue weighted by Gasteiger charge is -2.08. The second-order valence-corrected chi connectivity index (χ2v) is 5.24. The van der Waals surface area contributed by atoms with Gasteiger partial charge in [0.05, 0.1) is 6.54 Å². The highest BCUT2D eigenvalue weighted by molar-refractivity contribution is 5.91. The summed E-state index contributed by atoms with van der Waals surface area (Å²) in [5, 5.41) is 6.94. The highest BCUT2D eigenvalue weighted by Gasteiger charge is 2.09. The number of hydrogen-bond donors (Lipinski definition) is 1. The van der Waals surface area contributed by atoms with Gasteiger partial charge in [-0.2, -0.15) is 5.10 Å². The minimum atomic E-state index is -0.325. The number of hydrogen-bond acceptors (Lipinski definition) is 4. The lowest BCUT2D eigenvalue weighted by Crippen LogP contribution is -2.29. The first kappa shape index (κ1) is 15.6. The average molecular weight is 320 g/mol. The van der Waals surface area contributed by atoms with E-state index in [4.69, 9.17) is 0 Å². The standard InChI is InChI=1S/C18H16N4O2/c23-17-7-6-16(18(24)20-12-14-8-10-19-11-9-14)21-22(17)13-15-4-2-1-3-5-15/h1-11H,12-13H2,(H,20,24). The number of amides is 1. The van der Waals surface area contributed by atoms with Crippen LogP contribution in [0.3, 0.4) is 0 Å². The van der Waals surface area contributed by atoms with Gasteiger partial charge in [-0.1, -0.05) is 30.3 Å². The number of aromatic nitrogens is 3. The van der Waals surface area contributed by atoms with Crippen molar-refractivity contribution >= 4 is 5.91 Å². The topological polar surface area (TPSA) is 76.9 Å². The van der Waals surface area contributed by atoms with Crippen molar-refractivity contribution in [3.63, 3.8) is 0 Å². The molecule has 0 aliphatic carbocycles. The summed E-state index contributed by atoms with van der Waals surface area (Å²) >= 11 is 0. The molecule has 3 rings (SSSR count). The lowest BCUT2D eigenvalue weighted by atomic mass is 10.2. The van der Waals surface area contributed by atoms with E-state index in [1.807, 2.05) is 42.5 Å². The second-order valence-electron chi connectivity index (χ2n) is 5.24. The molecule has 120 valence electrons. The Morgan fingerprint density at radius 3 is 2.46 bits per heavy atom. The summed E-state index contributed by atoms with van der Waals surface area (Å²) in [5.41, 5.74) is 1.85. The van der Waals surface area contributed by atoms with Gasteiger partial charge >= 0.3 is 0 Å². The van der Waals surface area contributed by atoms with Crippen molar-refractivity contribution in [3.05, 3.63) is 94.2 Å². The van der Waals surface area contributed by atoms with Crippen molar-refractivity contribution in [1.29, 1.82) is 0 Å². The fraction of sp³-hybridized carbons (Fsp3) is 0.111. The molecular weight excluding hydrogens is 304 g/mol. The SMILES string of the molecule is O=C(NCc1ccncc1)c1ccc(=O)n(Cc2ccccc2)n1. The number of carbonyl (C=O) groups is 1. The quantitative estimate of drug-likeness (QED) is 0.775. The van der Waals surface area contributed by atoms with Crippen molar-refractivity contribution in [2.24, 2.45) is 0 Å². The van der Waals surface area contributed by atoms with Gasteiger partial charge in [0.2, 0.25) is 0 Å². The third-order valence-corrected chi connectivity index (χ3v) is 3.48. The van der Waals surface area contributed by atoms with Crippen LogP contribution in [-0.2, 0) is 13.1 Å². The van der Waals surface area contributed by atoms with Crippen LogP contribution in [0, 0.1) is 0 Å². The Morgan fingerprint density at radius 2 is 1.71 bits per heavy atom. The first-order valence-electron chi connectivity index (χ1n) is 7.51. The van der Waals surface area contributed by atoms with Crippen LogP contribution in [0.25, 0.3) is 0 Å². The molecule has 6 nitrogen and oxygen atoms in total. The Balaban J connectivity index is 1.73. The molecule has 1 N–H and O–H groups in total. The molecule has 2 heterocycles. The maximum absolute atomic E-state index is 12.2. The van der Waals surface area contributed by atoms with Gasteiger partial charge in [-0.05, 0) is 29.3 Å². The van der Waals surface area contributed by atoms with Crippen molar-refractivity contribution in [1.82, 2.24) is 20.1 Å². The molecule has 0 unspecified atom stereocenters. The fourth-order valence-corrected chi connectivity index (χ4v) is 2.21. The molecule has 0 atom stereocenters. The van der Waals surface area contributed by atoms with E-state index < -0.39 is 0 Å². The molecule has 0 spiro atoms. The van der Waals surface area contributed by atoms with Crippen molar-refractivity contribution in [2.45, 2.75) is 13.1 Å². The average Bonchev–Trinajstić information content (AvgIpc) is 2.63. The van der Waals surface area contributed by atoms with E-state index in [1.165, 1.54) is 16.8 Å². The van der Waals surface area contributed by atoms with E-state index in [0.29, 0.717) is 13.1 Å². The Morgan fingerprint density at radius 1 is 0.958 bits per heavy atom. The first-order chi connectivity index (χ1) is 11.7. The molecule has 3 aromatic rings. The monoisotopic (exact) mass is 320 g/mol. The van der Waals surface area contributed by atoms with Crippen LogP contribution in [0.15, 0.2) is 71.8 Å². The summed E-state index contributed by atoms with van der Waals surface area (Å²) < 4.78 is 1.29. The van der Waals surface area contributed by atoms with Crippen molar-refractivity contribution in [2.75, 3.05) is 0 Å². The Kier molecular flexibility index (Phi) is 4.76. The van der Waals surface area contributed by atoms with Gasteiger partial charge in [-0.3, -0.25) is 14.6 Å². The van der Waals surface area contributed by atoms with E-state index >= 15 is 0 Å². The Bertz CT molecular complexity index is 876. The van der Waals surface area contributed by atoms with Gasteiger partial charge in [0.15, 0.2) is 0 Å². The van der Waals surface area contributed by atoms with Crippen LogP contribution in [0.1, 0.15) is 21.6 Å². The Labute approximate surface area is 138 Å². The summed E-state index contributed by atoms with van der Waals surface area (Å²) in [7, 11) is 0. The molecule has 0 aliphatic rings. The number of benzene rings is 1. The van der Waals surface area contributed by atoms with Crippen LogP contribution in [0.2, 0.25) is 0 Å². The van der Waals surface area contributed by atoms with Gasteiger partial charge < -0.3 is 5.32 Å². The summed E-state index contributed by atoms with van der Waals surface area (Å²) in [6.07, 6.45) is 3.33. The smallest absolute Gasteiger partial charge is 0.271 e. The first-order valence-corrected chi connectivity index (χ1v) is 7.51. The number of nitrogens with zero attached hydrogens (tertiary/aromatic N) is 3. The van der Waals surface area contributed by atoms with Crippen LogP contribution in [0.5, 0.6) is 0 Å². The minimum Gasteiger partial charge on any atom is -0.347 e. The summed E-state index contributed by atoms with van der Waals surface area (Å²) in [5.74, 6) is -0.325. The zero-order valence-corrected chi connectivity index (χ0v) is 12.9. The third kappa shape index (κ3) is 3.92. The van der Waals surface area contributed by atoms with Gasteiger partial charge in [0.1, 0.15) is 5.69 Å². The minimum absolute atomic E-state index is 0.208. The predicted molar refractivity (Wildman–Crippen MR) is 89.4 cm³/mol. The maximum atomic E-state index is 12.2. The van der Waals surface area contributed by atoms with Crippen LogP contribution < -0.4 is 10.9 Å². The third-order valence-electron chi connectivity index (χ3n) is 3.48. The zero-order valence-electron chi connectivity index (χ0n) is 12.9. The van der Waals surface area contributed by atoms with E-state index in [-0.39, 0.29) is 17.2 Å². The molecule has 24 heavy (non-hydrogen) atoms. The zero-order chi connectivity index (χ0) is 16.8. The Hall–Kier alpha value is -3.28. The van der Waals surface area contributed by atoms with Crippen molar-refractivity contribution < 1.29 is 4.79 Å². The van der Waals surface area contributed by atoms with Gasteiger partial charge in [-0.25, -0.2) is 4.68 Å². The number of nitrogens with one attached hydrogen (secondary N) is 1. The highest BCUT2D eigenvalue weighted by Crippen LogP contribution is 2.01. The van der Waals surface area contributed by atoms with E-state index in [2.05, 4.69) is 15.4 Å². The number of pyridine rings is 1. The van der Waals surface area contributed by atoms with Crippen LogP contribution >= 0.6 is 0 Å². The maximum Gasteiger partial charge on any atom is 0.271 e. The summed E-state index contributed by atoms with van der Waals surface area (Å²) in [4.78, 5) is 28.1. The summed E-state index contributed by atoms with van der Waals surface area (Å²) in [6.45, 7) is 0.700. The van der Waals surface area contributed by atoms with Gasteiger partial charge in [0.25, 0.3) is 11.5 Å². The van der Waals surface area contributed by atoms with E-state index in [1.54, 1.807) is 12.4 Å². The predicted octanol–water partition coefficient (Wildman–Crippen LogP) is 1.62. The molecule has 2 aromatic heterocycles. The fourth-order valence-electron chi connectivity index (χ4n) is 2.21. The number of carbonyl (C=O) groups excluding carboxylic acids is 1. The molecule has 0 bridgehead atoms.